The lowest BCUT2D eigenvalue weighted by atomic mass is 10.1. The maximum absolute atomic E-state index is 13.1. The average molecular weight is 459 g/mol. The molecular weight excluding hydrogens is 440 g/mol. The molecule has 3 rings (SSSR count). The lowest BCUT2D eigenvalue weighted by Gasteiger charge is -2.18. The number of anilines is 1. The molecule has 1 aliphatic heterocycles. The molecule has 0 aliphatic carbocycles. The minimum atomic E-state index is -2.96. The van der Waals surface area contributed by atoms with Crippen LogP contribution in [0.1, 0.15) is 19.4 Å². The summed E-state index contributed by atoms with van der Waals surface area (Å²) in [5, 5.41) is 18.8. The third kappa shape index (κ3) is 5.36. The highest BCUT2D eigenvalue weighted by Gasteiger charge is 2.33. The number of hydrogen-bond donors (Lipinski definition) is 1. The van der Waals surface area contributed by atoms with Gasteiger partial charge in [0.1, 0.15) is 11.4 Å². The smallest absolute Gasteiger partial charge is 0.387 e. The van der Waals surface area contributed by atoms with Crippen molar-refractivity contribution in [2.75, 3.05) is 11.5 Å². The Morgan fingerprint density at radius 3 is 2.62 bits per heavy atom. The molecule has 0 saturated heterocycles. The van der Waals surface area contributed by atoms with E-state index in [9.17, 15) is 23.9 Å². The second-order valence-electron chi connectivity index (χ2n) is 6.49. The van der Waals surface area contributed by atoms with Crippen LogP contribution in [-0.2, 0) is 4.79 Å². The summed E-state index contributed by atoms with van der Waals surface area (Å²) >= 11 is 1.09. The van der Waals surface area contributed by atoms with Crippen LogP contribution < -0.4 is 14.4 Å². The van der Waals surface area contributed by atoms with E-state index >= 15 is 0 Å². The highest BCUT2D eigenvalue weighted by Crippen LogP contribution is 2.33. The number of hydrogen-bond acceptors (Lipinski definition) is 7. The fourth-order valence-electron chi connectivity index (χ4n) is 2.81. The molecule has 10 heteroatoms. The molecular formula is C22H19F2N3O4S. The molecule has 1 heterocycles. The van der Waals surface area contributed by atoms with Crippen LogP contribution >= 0.6 is 11.8 Å². The molecule has 0 saturated carbocycles. The van der Waals surface area contributed by atoms with Crippen LogP contribution in [0.5, 0.6) is 17.2 Å². The minimum Gasteiger partial charge on any atom is -0.504 e. The monoisotopic (exact) mass is 459 g/mol. The summed E-state index contributed by atoms with van der Waals surface area (Å²) in [6.45, 7) is 0.854. The molecule has 0 bridgehead atoms. The second-order valence-corrected chi connectivity index (χ2v) is 7.79. The normalized spacial score (nSPS) is 15.6. The number of aromatic hydroxyl groups is 1. The van der Waals surface area contributed by atoms with E-state index in [0.29, 0.717) is 17.9 Å². The van der Waals surface area contributed by atoms with Crippen molar-refractivity contribution in [3.05, 3.63) is 53.7 Å². The van der Waals surface area contributed by atoms with Crippen molar-refractivity contribution < 1.29 is 28.2 Å². The molecule has 2 aromatic rings. The van der Waals surface area contributed by atoms with Crippen molar-refractivity contribution in [3.63, 3.8) is 0 Å². The predicted octanol–water partition coefficient (Wildman–Crippen LogP) is 4.78. The van der Waals surface area contributed by atoms with E-state index in [0.717, 1.165) is 11.8 Å². The Morgan fingerprint density at radius 2 is 2.00 bits per heavy atom. The first-order chi connectivity index (χ1) is 15.3. The minimum absolute atomic E-state index is 0.0259. The Labute approximate surface area is 187 Å². The summed E-state index contributed by atoms with van der Waals surface area (Å²) in [6, 6.07) is 12.3. The third-order valence-electron chi connectivity index (χ3n) is 4.20. The van der Waals surface area contributed by atoms with Gasteiger partial charge in [-0.05, 0) is 61.9 Å². The maximum atomic E-state index is 13.1. The number of nitrogens with zero attached hydrogens (tertiary/aromatic N) is 3. The number of nitriles is 1. The number of amides is 1. The van der Waals surface area contributed by atoms with Crippen LogP contribution in [0.4, 0.5) is 14.5 Å². The molecule has 1 amide bonds. The Morgan fingerprint density at radius 1 is 1.28 bits per heavy atom. The first kappa shape index (κ1) is 23.1. The molecule has 1 aliphatic rings. The lowest BCUT2D eigenvalue weighted by Crippen LogP contribution is -2.31. The number of carbonyl (C=O) groups is 1. The topological polar surface area (TPSA) is 95.1 Å². The van der Waals surface area contributed by atoms with Gasteiger partial charge in [-0.25, -0.2) is 4.99 Å². The van der Waals surface area contributed by atoms with Gasteiger partial charge in [0.2, 0.25) is 0 Å². The number of benzene rings is 2. The number of halogens is 2. The van der Waals surface area contributed by atoms with Crippen LogP contribution in [0.2, 0.25) is 0 Å². The largest absolute Gasteiger partial charge is 0.504 e. The van der Waals surface area contributed by atoms with Gasteiger partial charge in [-0.2, -0.15) is 14.0 Å². The van der Waals surface area contributed by atoms with E-state index in [1.807, 2.05) is 0 Å². The van der Waals surface area contributed by atoms with Gasteiger partial charge in [-0.1, -0.05) is 17.8 Å². The Hall–Kier alpha value is -3.58. The van der Waals surface area contributed by atoms with Gasteiger partial charge in [0.05, 0.1) is 23.6 Å². The van der Waals surface area contributed by atoms with Crippen molar-refractivity contribution in [3.8, 4) is 23.3 Å². The summed E-state index contributed by atoms with van der Waals surface area (Å²) in [4.78, 5) is 18.8. The lowest BCUT2D eigenvalue weighted by molar-refractivity contribution is -0.113. The van der Waals surface area contributed by atoms with Crippen LogP contribution in [0, 0.1) is 11.3 Å². The zero-order valence-corrected chi connectivity index (χ0v) is 18.0. The number of amidine groups is 1. The number of ether oxygens (including phenoxy) is 2. The fraction of sp³-hybridized carbons (Fsp3) is 0.227. The number of carbonyl (C=O) groups excluding carboxylic acids is 1. The fourth-order valence-corrected chi connectivity index (χ4v) is 3.63. The van der Waals surface area contributed by atoms with Gasteiger partial charge in [-0.15, -0.1) is 0 Å². The van der Waals surface area contributed by atoms with E-state index in [4.69, 9.17) is 4.74 Å². The van der Waals surface area contributed by atoms with Crippen LogP contribution in [0.3, 0.4) is 0 Å². The van der Waals surface area contributed by atoms with Crippen LogP contribution in [0.15, 0.2) is 53.2 Å². The van der Waals surface area contributed by atoms with Gasteiger partial charge in [0.25, 0.3) is 5.91 Å². The number of thioether (sulfide) groups is 1. The molecule has 166 valence electrons. The number of aliphatic imine (C=N–C) groups is 1. The van der Waals surface area contributed by atoms with Gasteiger partial charge in [-0.3, -0.25) is 9.69 Å². The summed E-state index contributed by atoms with van der Waals surface area (Å²) in [6.07, 6.45) is 1.54. The maximum Gasteiger partial charge on any atom is 0.387 e. The zero-order valence-electron chi connectivity index (χ0n) is 17.2. The molecule has 0 fully saturated rings. The van der Waals surface area contributed by atoms with Gasteiger partial charge in [0, 0.05) is 0 Å². The number of alkyl halides is 2. The molecule has 0 radical (unpaired) electrons. The Bertz CT molecular complexity index is 1100. The number of rotatable bonds is 7. The van der Waals surface area contributed by atoms with Gasteiger partial charge >= 0.3 is 6.61 Å². The quantitative estimate of drug-likeness (QED) is 0.599. The van der Waals surface area contributed by atoms with E-state index in [1.165, 1.54) is 41.3 Å². The van der Waals surface area contributed by atoms with Crippen molar-refractivity contribution in [2.45, 2.75) is 25.7 Å². The molecule has 0 spiro atoms. The van der Waals surface area contributed by atoms with E-state index < -0.39 is 17.8 Å². The standard InChI is InChI=1S/C22H19F2N3O4S/c1-3-30-19-11-14(4-9-18(19)28)10-17-20(29)27(22(26-17)32-13(2)12-25)15-5-7-16(8-6-15)31-21(23)24/h4-11,13,21,28H,3H2,1-2H3/b17-10-. The van der Waals surface area contributed by atoms with Crippen molar-refractivity contribution in [2.24, 2.45) is 4.99 Å². The molecule has 32 heavy (non-hydrogen) atoms. The SMILES string of the molecule is CCOc1cc(/C=C2\N=C(SC(C)C#N)N(c3ccc(OC(F)F)cc3)C2=O)ccc1O. The Balaban J connectivity index is 1.96. The van der Waals surface area contributed by atoms with Crippen molar-refractivity contribution in [1.82, 2.24) is 0 Å². The second kappa shape index (κ2) is 10.2. The zero-order chi connectivity index (χ0) is 23.3. The summed E-state index contributed by atoms with van der Waals surface area (Å²) in [5.41, 5.74) is 1.08. The van der Waals surface area contributed by atoms with E-state index in [2.05, 4.69) is 15.8 Å². The molecule has 1 N–H and O–H groups in total. The van der Waals surface area contributed by atoms with Crippen molar-refractivity contribution >= 4 is 34.6 Å². The Kier molecular flexibility index (Phi) is 7.33. The molecule has 2 aromatic carbocycles. The molecule has 1 atom stereocenters. The van der Waals surface area contributed by atoms with Crippen LogP contribution in [0.25, 0.3) is 6.08 Å². The summed E-state index contributed by atoms with van der Waals surface area (Å²) in [5.74, 6) is -0.251. The number of phenols is 1. The molecule has 7 nitrogen and oxygen atoms in total. The van der Waals surface area contributed by atoms with E-state index in [1.54, 1.807) is 26.0 Å². The first-order valence-corrected chi connectivity index (χ1v) is 10.4. The number of phenolic OH excluding ortho intramolecular Hbond substituents is 1. The molecule has 1 unspecified atom stereocenters. The summed E-state index contributed by atoms with van der Waals surface area (Å²) < 4.78 is 34.6. The average Bonchev–Trinajstić information content (AvgIpc) is 3.05. The van der Waals surface area contributed by atoms with Crippen molar-refractivity contribution in [1.29, 1.82) is 5.26 Å². The first-order valence-electron chi connectivity index (χ1n) is 9.54. The highest BCUT2D eigenvalue weighted by atomic mass is 32.2. The molecule has 0 aromatic heterocycles. The van der Waals surface area contributed by atoms with Gasteiger partial charge < -0.3 is 14.6 Å². The van der Waals surface area contributed by atoms with Gasteiger partial charge in [0.15, 0.2) is 16.7 Å². The van der Waals surface area contributed by atoms with E-state index in [-0.39, 0.29) is 28.1 Å². The summed E-state index contributed by atoms with van der Waals surface area (Å²) in [7, 11) is 0. The third-order valence-corrected chi connectivity index (χ3v) is 5.14. The van der Waals surface area contributed by atoms with Crippen LogP contribution in [-0.4, -0.2) is 34.6 Å². The predicted molar refractivity (Wildman–Crippen MR) is 118 cm³/mol. The highest BCUT2D eigenvalue weighted by molar-refractivity contribution is 8.15.